The highest BCUT2D eigenvalue weighted by Gasteiger charge is 2.34. The van der Waals surface area contributed by atoms with Crippen molar-refractivity contribution < 1.29 is 4.74 Å². The van der Waals surface area contributed by atoms with Gasteiger partial charge in [0.25, 0.3) is 0 Å². The van der Waals surface area contributed by atoms with Crippen LogP contribution in [0.15, 0.2) is 33.7 Å². The third-order valence-electron chi connectivity index (χ3n) is 4.22. The highest BCUT2D eigenvalue weighted by Crippen LogP contribution is 2.35. The van der Waals surface area contributed by atoms with Crippen molar-refractivity contribution in [3.63, 3.8) is 0 Å². The number of nitrogens with one attached hydrogen (secondary N) is 2. The van der Waals surface area contributed by atoms with Crippen molar-refractivity contribution in [2.24, 2.45) is 4.99 Å². The lowest BCUT2D eigenvalue weighted by Gasteiger charge is -2.36. The van der Waals surface area contributed by atoms with E-state index in [-0.39, 0.29) is 29.4 Å². The zero-order chi connectivity index (χ0) is 16.7. The van der Waals surface area contributed by atoms with Crippen LogP contribution in [-0.2, 0) is 10.2 Å². The number of guanidine groups is 1. The molecule has 0 amide bonds. The van der Waals surface area contributed by atoms with Crippen molar-refractivity contribution in [1.29, 1.82) is 0 Å². The predicted molar refractivity (Wildman–Crippen MR) is 116 cm³/mol. The third-order valence-corrected chi connectivity index (χ3v) is 4.74. The van der Waals surface area contributed by atoms with Crippen LogP contribution in [-0.4, -0.2) is 38.3 Å². The van der Waals surface area contributed by atoms with Crippen LogP contribution in [0, 0.1) is 0 Å². The first-order valence-electron chi connectivity index (χ1n) is 8.44. The minimum Gasteiger partial charge on any atom is -0.381 e. The van der Waals surface area contributed by atoms with Gasteiger partial charge in [-0.2, -0.15) is 0 Å². The Morgan fingerprint density at radius 2 is 1.88 bits per heavy atom. The molecule has 0 aliphatic carbocycles. The Hall–Kier alpha value is -0.340. The number of benzene rings is 1. The molecule has 1 aliphatic heterocycles. The van der Waals surface area contributed by atoms with Gasteiger partial charge >= 0.3 is 0 Å². The lowest BCUT2D eigenvalue weighted by Crippen LogP contribution is -2.43. The quantitative estimate of drug-likeness (QED) is 0.357. The summed E-state index contributed by atoms with van der Waals surface area (Å²) >= 11 is 3.52. The molecule has 0 radical (unpaired) electrons. The maximum atomic E-state index is 5.60. The van der Waals surface area contributed by atoms with Gasteiger partial charge in [0.15, 0.2) is 5.96 Å². The van der Waals surface area contributed by atoms with Crippen molar-refractivity contribution in [1.82, 2.24) is 10.6 Å². The van der Waals surface area contributed by atoms with Crippen LogP contribution in [0.5, 0.6) is 0 Å². The zero-order valence-corrected chi connectivity index (χ0v) is 18.7. The Labute approximate surface area is 171 Å². The number of aliphatic imine (C=N–C) groups is 1. The predicted octanol–water partition coefficient (Wildman–Crippen LogP) is 4.08. The van der Waals surface area contributed by atoms with E-state index in [2.05, 4.69) is 71.6 Å². The molecular formula is C18H29BrIN3O. The molecule has 4 nitrogen and oxygen atoms in total. The molecule has 0 atom stereocenters. The van der Waals surface area contributed by atoms with Gasteiger partial charge in [-0.15, -0.1) is 24.0 Å². The average molecular weight is 510 g/mol. The Kier molecular flexibility index (Phi) is 9.59. The summed E-state index contributed by atoms with van der Waals surface area (Å²) in [5.74, 6) is 0.894. The fraction of sp³-hybridized carbons (Fsp3) is 0.611. The molecule has 6 heteroatoms. The number of hydrogen-bond donors (Lipinski definition) is 2. The Balaban J connectivity index is 0.00000288. The number of nitrogens with zero attached hydrogens (tertiary/aromatic N) is 1. The zero-order valence-electron chi connectivity index (χ0n) is 14.8. The second-order valence-corrected chi connectivity index (χ2v) is 7.31. The van der Waals surface area contributed by atoms with E-state index in [0.717, 1.165) is 49.6 Å². The van der Waals surface area contributed by atoms with Crippen LogP contribution >= 0.6 is 39.9 Å². The normalized spacial score (nSPS) is 17.3. The first-order chi connectivity index (χ1) is 11.1. The highest BCUT2D eigenvalue weighted by molar-refractivity contribution is 14.0. The largest absolute Gasteiger partial charge is 0.381 e. The van der Waals surface area contributed by atoms with E-state index >= 15 is 0 Å². The van der Waals surface area contributed by atoms with Gasteiger partial charge in [-0.3, -0.25) is 4.99 Å². The van der Waals surface area contributed by atoms with Crippen LogP contribution in [0.3, 0.4) is 0 Å². The molecule has 1 fully saturated rings. The Bertz CT molecular complexity index is 514. The Morgan fingerprint density at radius 3 is 2.42 bits per heavy atom. The summed E-state index contributed by atoms with van der Waals surface area (Å²) in [6.45, 7) is 9.61. The summed E-state index contributed by atoms with van der Waals surface area (Å²) in [4.78, 5) is 4.88. The minimum atomic E-state index is 0. The van der Waals surface area contributed by atoms with Gasteiger partial charge in [-0.25, -0.2) is 0 Å². The van der Waals surface area contributed by atoms with Gasteiger partial charge in [0.2, 0.25) is 0 Å². The van der Waals surface area contributed by atoms with Gasteiger partial charge in [-0.05, 0) is 51.3 Å². The molecule has 2 rings (SSSR count). The maximum Gasteiger partial charge on any atom is 0.191 e. The first-order valence-corrected chi connectivity index (χ1v) is 9.24. The molecule has 24 heavy (non-hydrogen) atoms. The van der Waals surface area contributed by atoms with Gasteiger partial charge in [-0.1, -0.05) is 28.1 Å². The average Bonchev–Trinajstić information content (AvgIpc) is 2.54. The van der Waals surface area contributed by atoms with Gasteiger partial charge in [0.1, 0.15) is 0 Å². The van der Waals surface area contributed by atoms with E-state index in [9.17, 15) is 0 Å². The van der Waals surface area contributed by atoms with Gasteiger partial charge in [0, 0.05) is 35.7 Å². The highest BCUT2D eigenvalue weighted by atomic mass is 127. The molecule has 1 saturated heterocycles. The molecule has 0 aromatic heterocycles. The monoisotopic (exact) mass is 509 g/mol. The molecular weight excluding hydrogens is 481 g/mol. The van der Waals surface area contributed by atoms with E-state index < -0.39 is 0 Å². The molecule has 0 spiro atoms. The van der Waals surface area contributed by atoms with Crippen LogP contribution in [0.4, 0.5) is 0 Å². The molecule has 2 N–H and O–H groups in total. The molecule has 0 unspecified atom stereocenters. The molecule has 0 bridgehead atoms. The summed E-state index contributed by atoms with van der Waals surface area (Å²) in [7, 11) is 0. The molecule has 1 aliphatic rings. The molecule has 1 aromatic carbocycles. The Morgan fingerprint density at radius 1 is 1.25 bits per heavy atom. The van der Waals surface area contributed by atoms with Crippen molar-refractivity contribution >= 4 is 45.9 Å². The van der Waals surface area contributed by atoms with E-state index in [4.69, 9.17) is 9.73 Å². The van der Waals surface area contributed by atoms with E-state index in [1.54, 1.807) is 0 Å². The van der Waals surface area contributed by atoms with Gasteiger partial charge in [0.05, 0.1) is 6.54 Å². The van der Waals surface area contributed by atoms with Crippen LogP contribution in [0.2, 0.25) is 0 Å². The van der Waals surface area contributed by atoms with Crippen molar-refractivity contribution in [3.05, 3.63) is 34.3 Å². The minimum absolute atomic E-state index is 0. The third kappa shape index (κ3) is 6.19. The van der Waals surface area contributed by atoms with Crippen LogP contribution in [0.25, 0.3) is 0 Å². The van der Waals surface area contributed by atoms with Gasteiger partial charge < -0.3 is 15.4 Å². The van der Waals surface area contributed by atoms with Crippen molar-refractivity contribution in [2.45, 2.75) is 45.1 Å². The maximum absolute atomic E-state index is 5.60. The molecule has 136 valence electrons. The second kappa shape index (κ2) is 10.6. The van der Waals surface area contributed by atoms with Crippen molar-refractivity contribution in [2.75, 3.05) is 26.3 Å². The van der Waals surface area contributed by atoms with E-state index in [1.807, 2.05) is 0 Å². The SMILES string of the molecule is CCNC(=NCC1(c2ccc(Br)cc2)CCOCC1)NC(C)C.I. The second-order valence-electron chi connectivity index (χ2n) is 6.39. The number of hydrogen-bond acceptors (Lipinski definition) is 2. The summed E-state index contributed by atoms with van der Waals surface area (Å²) in [6, 6.07) is 9.04. The smallest absolute Gasteiger partial charge is 0.191 e. The molecule has 0 saturated carbocycles. The fourth-order valence-corrected chi connectivity index (χ4v) is 3.19. The van der Waals surface area contributed by atoms with E-state index in [0.29, 0.717) is 6.04 Å². The van der Waals surface area contributed by atoms with Crippen molar-refractivity contribution in [3.8, 4) is 0 Å². The molecule has 1 heterocycles. The summed E-state index contributed by atoms with van der Waals surface area (Å²) in [5.41, 5.74) is 1.42. The number of halogens is 2. The fourth-order valence-electron chi connectivity index (χ4n) is 2.93. The summed E-state index contributed by atoms with van der Waals surface area (Å²) < 4.78 is 6.71. The molecule has 1 aromatic rings. The first kappa shape index (κ1) is 21.7. The number of ether oxygens (including phenoxy) is 1. The van der Waals surface area contributed by atoms with Crippen LogP contribution in [0.1, 0.15) is 39.2 Å². The summed E-state index contributed by atoms with van der Waals surface area (Å²) in [5, 5.41) is 6.73. The van der Waals surface area contributed by atoms with E-state index in [1.165, 1.54) is 5.56 Å². The summed E-state index contributed by atoms with van der Waals surface area (Å²) in [6.07, 6.45) is 2.03. The lowest BCUT2D eigenvalue weighted by atomic mass is 9.74. The topological polar surface area (TPSA) is 45.7 Å². The standard InChI is InChI=1S/C18H28BrN3O.HI/c1-4-20-17(22-14(2)3)21-13-18(9-11-23-12-10-18)15-5-7-16(19)8-6-15;/h5-8,14H,4,9-13H2,1-3H3,(H2,20,21,22);1H. The lowest BCUT2D eigenvalue weighted by molar-refractivity contribution is 0.0531. The number of rotatable bonds is 5. The van der Waals surface area contributed by atoms with Crippen LogP contribution < -0.4 is 10.6 Å².